The zero-order valence-electron chi connectivity index (χ0n) is 7.56. The summed E-state index contributed by atoms with van der Waals surface area (Å²) in [5.41, 5.74) is 0. The van der Waals surface area contributed by atoms with Gasteiger partial charge in [0.25, 0.3) is 0 Å². The zero-order chi connectivity index (χ0) is 7.56. The fourth-order valence-corrected chi connectivity index (χ4v) is 1.88. The molecule has 0 aromatic heterocycles. The predicted octanol–water partition coefficient (Wildman–Crippen LogP) is 3.47. The van der Waals surface area contributed by atoms with E-state index in [0.29, 0.717) is 0 Å². The van der Waals surface area contributed by atoms with Crippen LogP contribution in [0.15, 0.2) is 0 Å². The van der Waals surface area contributed by atoms with E-state index in [0.717, 1.165) is 17.8 Å². The maximum atomic E-state index is 2.42. The SMILES string of the molecule is CCCCC(C)[C@@H]1C[C@@H]1C. The van der Waals surface area contributed by atoms with Crippen LogP contribution in [0.5, 0.6) is 0 Å². The third-order valence-electron chi connectivity index (χ3n) is 2.92. The van der Waals surface area contributed by atoms with Gasteiger partial charge in [0.05, 0.1) is 0 Å². The molecule has 1 rings (SSSR count). The summed E-state index contributed by atoms with van der Waals surface area (Å²) in [6.45, 7) is 7.08. The average molecular weight is 140 g/mol. The third-order valence-corrected chi connectivity index (χ3v) is 2.92. The molecule has 1 unspecified atom stereocenters. The highest BCUT2D eigenvalue weighted by Crippen LogP contribution is 2.45. The Morgan fingerprint density at radius 2 is 2.10 bits per heavy atom. The van der Waals surface area contributed by atoms with E-state index in [2.05, 4.69) is 20.8 Å². The standard InChI is InChI=1S/C10H20/c1-4-5-6-8(2)10-7-9(10)3/h8-10H,4-7H2,1-3H3/t8?,9-,10-/m0/s1. The van der Waals surface area contributed by atoms with E-state index in [4.69, 9.17) is 0 Å². The Hall–Kier alpha value is 0. The van der Waals surface area contributed by atoms with E-state index >= 15 is 0 Å². The first-order valence-electron chi connectivity index (χ1n) is 4.75. The average Bonchev–Trinajstić information content (AvgIpc) is 2.62. The van der Waals surface area contributed by atoms with Crippen molar-refractivity contribution in [2.45, 2.75) is 46.5 Å². The summed E-state index contributed by atoms with van der Waals surface area (Å²) in [6.07, 6.45) is 5.77. The summed E-state index contributed by atoms with van der Waals surface area (Å²) in [4.78, 5) is 0. The van der Waals surface area contributed by atoms with E-state index in [1.165, 1.54) is 25.7 Å². The van der Waals surface area contributed by atoms with Crippen LogP contribution in [-0.4, -0.2) is 0 Å². The van der Waals surface area contributed by atoms with Crippen LogP contribution in [0.4, 0.5) is 0 Å². The second-order valence-electron chi connectivity index (χ2n) is 4.00. The smallest absolute Gasteiger partial charge is 0.0360 e. The molecule has 0 radical (unpaired) electrons. The van der Waals surface area contributed by atoms with Crippen LogP contribution in [0.2, 0.25) is 0 Å². The zero-order valence-corrected chi connectivity index (χ0v) is 7.56. The summed E-state index contributed by atoms with van der Waals surface area (Å²) in [5.74, 6) is 3.15. The monoisotopic (exact) mass is 140 g/mol. The van der Waals surface area contributed by atoms with Gasteiger partial charge in [-0.25, -0.2) is 0 Å². The molecule has 0 nitrogen and oxygen atoms in total. The Balaban J connectivity index is 2.04. The highest BCUT2D eigenvalue weighted by atomic mass is 14.4. The lowest BCUT2D eigenvalue weighted by molar-refractivity contribution is 0.432. The molecule has 0 aromatic rings. The topological polar surface area (TPSA) is 0 Å². The van der Waals surface area contributed by atoms with Gasteiger partial charge in [0, 0.05) is 0 Å². The van der Waals surface area contributed by atoms with Gasteiger partial charge in [-0.1, -0.05) is 40.0 Å². The highest BCUT2D eigenvalue weighted by molar-refractivity contribution is 4.86. The second-order valence-corrected chi connectivity index (χ2v) is 4.00. The van der Waals surface area contributed by atoms with Gasteiger partial charge >= 0.3 is 0 Å². The van der Waals surface area contributed by atoms with Crippen LogP contribution in [0.25, 0.3) is 0 Å². The van der Waals surface area contributed by atoms with Crippen molar-refractivity contribution in [3.63, 3.8) is 0 Å². The van der Waals surface area contributed by atoms with Crippen LogP contribution in [0, 0.1) is 17.8 Å². The van der Waals surface area contributed by atoms with Crippen molar-refractivity contribution in [2.75, 3.05) is 0 Å². The molecule has 10 heavy (non-hydrogen) atoms. The van der Waals surface area contributed by atoms with Crippen molar-refractivity contribution in [2.24, 2.45) is 17.8 Å². The molecule has 1 aliphatic carbocycles. The summed E-state index contributed by atoms with van der Waals surface area (Å²) >= 11 is 0. The Morgan fingerprint density at radius 3 is 2.50 bits per heavy atom. The second kappa shape index (κ2) is 3.41. The quantitative estimate of drug-likeness (QED) is 0.561. The normalized spacial score (nSPS) is 33.9. The Kier molecular flexibility index (Phi) is 2.76. The van der Waals surface area contributed by atoms with Gasteiger partial charge in [-0.05, 0) is 24.2 Å². The Bertz CT molecular complexity index is 96.2. The summed E-state index contributed by atoms with van der Waals surface area (Å²) in [7, 11) is 0. The van der Waals surface area contributed by atoms with Crippen molar-refractivity contribution in [1.29, 1.82) is 0 Å². The summed E-state index contributed by atoms with van der Waals surface area (Å²) in [6, 6.07) is 0. The van der Waals surface area contributed by atoms with E-state index in [9.17, 15) is 0 Å². The van der Waals surface area contributed by atoms with E-state index in [-0.39, 0.29) is 0 Å². The first kappa shape index (κ1) is 8.10. The molecular formula is C10H20. The molecule has 0 amide bonds. The number of rotatable bonds is 4. The molecule has 0 spiro atoms. The van der Waals surface area contributed by atoms with Crippen LogP contribution in [0.3, 0.4) is 0 Å². The van der Waals surface area contributed by atoms with Gasteiger partial charge in [0.15, 0.2) is 0 Å². The molecule has 0 aromatic carbocycles. The van der Waals surface area contributed by atoms with Crippen LogP contribution in [-0.2, 0) is 0 Å². The van der Waals surface area contributed by atoms with E-state index in [1.807, 2.05) is 0 Å². The molecule has 1 fully saturated rings. The maximum Gasteiger partial charge on any atom is -0.0360 e. The molecule has 0 N–H and O–H groups in total. The van der Waals surface area contributed by atoms with Crippen LogP contribution >= 0.6 is 0 Å². The largest absolute Gasteiger partial charge is 0.0654 e. The number of hydrogen-bond acceptors (Lipinski definition) is 0. The first-order valence-corrected chi connectivity index (χ1v) is 4.75. The highest BCUT2D eigenvalue weighted by Gasteiger charge is 2.36. The molecule has 1 aliphatic rings. The summed E-state index contributed by atoms with van der Waals surface area (Å²) in [5, 5.41) is 0. The molecule has 0 heteroatoms. The fraction of sp³-hybridized carbons (Fsp3) is 1.00. The van der Waals surface area contributed by atoms with Crippen LogP contribution < -0.4 is 0 Å². The molecular weight excluding hydrogens is 120 g/mol. The minimum absolute atomic E-state index is 1.01. The van der Waals surface area contributed by atoms with Gasteiger partial charge in [-0.15, -0.1) is 0 Å². The van der Waals surface area contributed by atoms with Gasteiger partial charge in [-0.2, -0.15) is 0 Å². The summed E-state index contributed by atoms with van der Waals surface area (Å²) < 4.78 is 0. The lowest BCUT2D eigenvalue weighted by atomic mass is 9.98. The van der Waals surface area contributed by atoms with Gasteiger partial charge in [0.1, 0.15) is 0 Å². The number of unbranched alkanes of at least 4 members (excludes halogenated alkanes) is 1. The minimum atomic E-state index is 1.01. The van der Waals surface area contributed by atoms with Gasteiger partial charge < -0.3 is 0 Å². The van der Waals surface area contributed by atoms with Gasteiger partial charge in [-0.3, -0.25) is 0 Å². The van der Waals surface area contributed by atoms with Crippen molar-refractivity contribution in [3.8, 4) is 0 Å². The van der Waals surface area contributed by atoms with Crippen LogP contribution in [0.1, 0.15) is 46.5 Å². The van der Waals surface area contributed by atoms with Gasteiger partial charge in [0.2, 0.25) is 0 Å². The maximum absolute atomic E-state index is 2.42. The molecule has 0 aliphatic heterocycles. The Morgan fingerprint density at radius 1 is 1.50 bits per heavy atom. The molecule has 0 heterocycles. The predicted molar refractivity (Wildman–Crippen MR) is 46.0 cm³/mol. The molecule has 3 atom stereocenters. The lowest BCUT2D eigenvalue weighted by Crippen LogP contribution is -1.97. The van der Waals surface area contributed by atoms with Crippen molar-refractivity contribution >= 4 is 0 Å². The van der Waals surface area contributed by atoms with Crippen molar-refractivity contribution < 1.29 is 0 Å². The third kappa shape index (κ3) is 2.00. The molecule has 0 bridgehead atoms. The Labute approximate surface area is 65.0 Å². The van der Waals surface area contributed by atoms with E-state index < -0.39 is 0 Å². The van der Waals surface area contributed by atoms with E-state index in [1.54, 1.807) is 0 Å². The minimum Gasteiger partial charge on any atom is -0.0654 e. The molecule has 60 valence electrons. The molecule has 0 saturated heterocycles. The van der Waals surface area contributed by atoms with Crippen molar-refractivity contribution in [1.82, 2.24) is 0 Å². The number of hydrogen-bond donors (Lipinski definition) is 0. The fourth-order valence-electron chi connectivity index (χ4n) is 1.88. The molecule has 1 saturated carbocycles. The lowest BCUT2D eigenvalue weighted by Gasteiger charge is -2.08. The van der Waals surface area contributed by atoms with Crippen molar-refractivity contribution in [3.05, 3.63) is 0 Å². The first-order chi connectivity index (χ1) is 4.75.